The molecule has 8 heteroatoms. The predicted octanol–water partition coefficient (Wildman–Crippen LogP) is 3.73. The van der Waals surface area contributed by atoms with Gasteiger partial charge >= 0.3 is 5.97 Å². The van der Waals surface area contributed by atoms with Crippen molar-refractivity contribution < 1.29 is 9.53 Å². The molecule has 0 aliphatic carbocycles. The maximum Gasteiger partial charge on any atom is 0.341 e. The van der Waals surface area contributed by atoms with Crippen LogP contribution in [-0.2, 0) is 18.3 Å². The van der Waals surface area contributed by atoms with Gasteiger partial charge < -0.3 is 15.4 Å². The Kier molecular flexibility index (Phi) is 5.88. The van der Waals surface area contributed by atoms with Gasteiger partial charge in [-0.1, -0.05) is 30.3 Å². The van der Waals surface area contributed by atoms with Crippen molar-refractivity contribution in [3.05, 3.63) is 58.7 Å². The quantitative estimate of drug-likeness (QED) is 0.502. The third-order valence-electron chi connectivity index (χ3n) is 4.12. The highest BCUT2D eigenvalue weighted by Gasteiger charge is 2.24. The van der Waals surface area contributed by atoms with Crippen LogP contribution in [-0.4, -0.2) is 28.0 Å². The van der Waals surface area contributed by atoms with Gasteiger partial charge in [0, 0.05) is 23.7 Å². The monoisotopic (exact) mass is 400 g/mol. The predicted molar refractivity (Wildman–Crippen MR) is 112 cm³/mol. The second kappa shape index (κ2) is 8.32. The lowest BCUT2D eigenvalue weighted by Gasteiger charge is -2.11. The summed E-state index contributed by atoms with van der Waals surface area (Å²) < 4.78 is 6.80. The number of nitrogens with zero attached hydrogens (tertiary/aromatic N) is 2. The molecule has 0 aliphatic rings. The number of aromatic nitrogens is 2. The minimum atomic E-state index is -0.393. The Balaban J connectivity index is 1.85. The minimum Gasteiger partial charge on any atom is -0.465 e. The van der Waals surface area contributed by atoms with E-state index in [0.29, 0.717) is 22.2 Å². The number of thiophene rings is 1. The molecule has 0 aliphatic heterocycles. The van der Waals surface area contributed by atoms with Crippen molar-refractivity contribution in [2.24, 2.45) is 7.05 Å². The molecule has 0 saturated carbocycles. The Labute approximate surface area is 167 Å². The zero-order valence-corrected chi connectivity index (χ0v) is 16.9. The van der Waals surface area contributed by atoms with Gasteiger partial charge in [-0.2, -0.15) is 5.10 Å². The summed E-state index contributed by atoms with van der Waals surface area (Å²) in [5.74, 6) is -0.393. The summed E-state index contributed by atoms with van der Waals surface area (Å²) in [6.45, 7) is 2.52. The fourth-order valence-electron chi connectivity index (χ4n) is 2.77. The number of esters is 1. The Morgan fingerprint density at radius 3 is 2.67 bits per heavy atom. The SMILES string of the molecule is COC(=O)c1c(NC(=S)NCc2ccnn2C)sc(C)c1-c1ccccc1. The van der Waals surface area contributed by atoms with Crippen LogP contribution in [0.15, 0.2) is 42.6 Å². The number of methoxy groups -OCH3 is 1. The number of hydrogen-bond donors (Lipinski definition) is 2. The van der Waals surface area contributed by atoms with Crippen LogP contribution in [0.1, 0.15) is 20.9 Å². The van der Waals surface area contributed by atoms with Crippen molar-refractivity contribution in [3.8, 4) is 11.1 Å². The Hall–Kier alpha value is -2.71. The maximum absolute atomic E-state index is 12.5. The lowest BCUT2D eigenvalue weighted by atomic mass is 10.0. The zero-order chi connectivity index (χ0) is 19.4. The number of hydrogen-bond acceptors (Lipinski definition) is 5. The van der Waals surface area contributed by atoms with Crippen molar-refractivity contribution in [1.29, 1.82) is 0 Å². The highest BCUT2D eigenvalue weighted by molar-refractivity contribution is 7.80. The molecule has 2 heterocycles. The van der Waals surface area contributed by atoms with Gasteiger partial charge in [-0.3, -0.25) is 4.68 Å². The van der Waals surface area contributed by atoms with E-state index in [0.717, 1.165) is 21.7 Å². The first-order valence-electron chi connectivity index (χ1n) is 8.30. The molecule has 0 atom stereocenters. The molecule has 0 unspecified atom stereocenters. The molecule has 0 radical (unpaired) electrons. The standard InChI is InChI=1S/C19H20N4O2S2/c1-12-15(13-7-5-4-6-8-13)16(18(24)25-3)17(27-12)22-19(26)20-11-14-9-10-21-23(14)2/h4-10H,11H2,1-3H3,(H2,20,22,26). The number of aryl methyl sites for hydroxylation is 2. The number of carbonyl (C=O) groups is 1. The first kappa shape index (κ1) is 19.1. The molecule has 0 bridgehead atoms. The highest BCUT2D eigenvalue weighted by atomic mass is 32.1. The third-order valence-corrected chi connectivity index (χ3v) is 5.38. The molecule has 2 N–H and O–H groups in total. The van der Waals surface area contributed by atoms with Gasteiger partial charge in [-0.15, -0.1) is 11.3 Å². The summed E-state index contributed by atoms with van der Waals surface area (Å²) in [5.41, 5.74) is 3.33. The maximum atomic E-state index is 12.5. The highest BCUT2D eigenvalue weighted by Crippen LogP contribution is 2.40. The van der Waals surface area contributed by atoms with Crippen LogP contribution < -0.4 is 10.6 Å². The Bertz CT molecular complexity index is 964. The van der Waals surface area contributed by atoms with Crippen LogP contribution >= 0.6 is 23.6 Å². The van der Waals surface area contributed by atoms with Gasteiger partial charge in [0.15, 0.2) is 5.11 Å². The molecule has 1 aromatic carbocycles. The number of ether oxygens (including phenoxy) is 1. The molecular weight excluding hydrogens is 380 g/mol. The van der Waals surface area contributed by atoms with Gasteiger partial charge in [0.1, 0.15) is 10.6 Å². The summed E-state index contributed by atoms with van der Waals surface area (Å²) >= 11 is 6.88. The second-order valence-corrected chi connectivity index (χ2v) is 7.48. The van der Waals surface area contributed by atoms with Crippen LogP contribution in [0.3, 0.4) is 0 Å². The van der Waals surface area contributed by atoms with Gasteiger partial charge in [0.05, 0.1) is 19.3 Å². The van der Waals surface area contributed by atoms with Crippen molar-refractivity contribution >= 4 is 39.6 Å². The van der Waals surface area contributed by atoms with E-state index >= 15 is 0 Å². The Morgan fingerprint density at radius 2 is 2.04 bits per heavy atom. The Morgan fingerprint density at radius 1 is 1.30 bits per heavy atom. The second-order valence-electron chi connectivity index (χ2n) is 5.85. The molecule has 0 saturated heterocycles. The van der Waals surface area contributed by atoms with E-state index in [-0.39, 0.29) is 0 Å². The lowest BCUT2D eigenvalue weighted by Crippen LogP contribution is -2.29. The average Bonchev–Trinajstić information content (AvgIpc) is 3.22. The summed E-state index contributed by atoms with van der Waals surface area (Å²) in [6, 6.07) is 11.7. The molecule has 6 nitrogen and oxygen atoms in total. The van der Waals surface area contributed by atoms with Crippen LogP contribution in [0, 0.1) is 6.92 Å². The topological polar surface area (TPSA) is 68.2 Å². The minimum absolute atomic E-state index is 0.393. The van der Waals surface area contributed by atoms with Gasteiger partial charge in [0.25, 0.3) is 0 Å². The molecule has 2 aromatic heterocycles. The van der Waals surface area contributed by atoms with E-state index in [9.17, 15) is 4.79 Å². The van der Waals surface area contributed by atoms with Crippen molar-refractivity contribution in [2.75, 3.05) is 12.4 Å². The zero-order valence-electron chi connectivity index (χ0n) is 15.3. The van der Waals surface area contributed by atoms with E-state index < -0.39 is 5.97 Å². The van der Waals surface area contributed by atoms with E-state index in [1.807, 2.05) is 50.4 Å². The lowest BCUT2D eigenvalue weighted by molar-refractivity contribution is 0.0603. The molecule has 140 valence electrons. The normalized spacial score (nSPS) is 10.5. The van der Waals surface area contributed by atoms with Gasteiger partial charge in [-0.25, -0.2) is 4.79 Å². The van der Waals surface area contributed by atoms with Crippen LogP contribution in [0.4, 0.5) is 5.00 Å². The van der Waals surface area contributed by atoms with Gasteiger partial charge in [-0.05, 0) is 30.8 Å². The first-order valence-corrected chi connectivity index (χ1v) is 9.52. The summed E-state index contributed by atoms with van der Waals surface area (Å²) in [5, 5.41) is 11.5. The number of benzene rings is 1. The molecular formula is C19H20N4O2S2. The first-order chi connectivity index (χ1) is 13.0. The van der Waals surface area contributed by atoms with Crippen molar-refractivity contribution in [1.82, 2.24) is 15.1 Å². The summed E-state index contributed by atoms with van der Waals surface area (Å²) in [4.78, 5) is 13.5. The van der Waals surface area contributed by atoms with E-state index in [1.54, 1.807) is 10.9 Å². The largest absolute Gasteiger partial charge is 0.465 e. The molecule has 27 heavy (non-hydrogen) atoms. The van der Waals surface area contributed by atoms with E-state index in [2.05, 4.69) is 15.7 Å². The number of rotatable bonds is 5. The summed E-state index contributed by atoms with van der Waals surface area (Å²) in [6.07, 6.45) is 1.73. The molecule has 3 aromatic rings. The smallest absolute Gasteiger partial charge is 0.341 e. The van der Waals surface area contributed by atoms with Crippen LogP contribution in [0.2, 0.25) is 0 Å². The number of thiocarbonyl (C=S) groups is 1. The summed E-state index contributed by atoms with van der Waals surface area (Å²) in [7, 11) is 3.25. The van der Waals surface area contributed by atoms with E-state index in [4.69, 9.17) is 17.0 Å². The van der Waals surface area contributed by atoms with E-state index in [1.165, 1.54) is 18.4 Å². The fraction of sp³-hybridized carbons (Fsp3) is 0.211. The molecule has 0 fully saturated rings. The van der Waals surface area contributed by atoms with Gasteiger partial charge in [0.2, 0.25) is 0 Å². The van der Waals surface area contributed by atoms with Crippen molar-refractivity contribution in [3.63, 3.8) is 0 Å². The average molecular weight is 401 g/mol. The molecule has 0 spiro atoms. The molecule has 0 amide bonds. The number of carbonyl (C=O) groups excluding carboxylic acids is 1. The van der Waals surface area contributed by atoms with Crippen molar-refractivity contribution in [2.45, 2.75) is 13.5 Å². The number of nitrogens with one attached hydrogen (secondary N) is 2. The number of anilines is 1. The fourth-order valence-corrected chi connectivity index (χ4v) is 4.08. The van der Waals surface area contributed by atoms with Crippen LogP contribution in [0.5, 0.6) is 0 Å². The molecule has 3 rings (SSSR count). The van der Waals surface area contributed by atoms with Crippen LogP contribution in [0.25, 0.3) is 11.1 Å². The third kappa shape index (κ3) is 4.17.